The number of carboxylic acids is 1. The van der Waals surface area contributed by atoms with Crippen molar-refractivity contribution >= 4 is 34.6 Å². The summed E-state index contributed by atoms with van der Waals surface area (Å²) in [5.41, 5.74) is 2.82. The number of hydrogen-bond acceptors (Lipinski definition) is 5. The number of nitrogens with one attached hydrogen (secondary N) is 1. The standard InChI is InChI=1S/C26H23ClFN5O2/c1-2-26(17-5-3-4-6-20(17)28)16-9-10-33(13-18(16)26)21-12-29-23-22(31-32-24(23)30-21)15-11-14(25(34)35)7-8-19(15)27/h3-8,11-12,16,18H,2,9-10,13H2,1H3,(H,34,35)(H,30,31,32)/t16-,18+,26-/m1/s1. The van der Waals surface area contributed by atoms with E-state index < -0.39 is 5.97 Å². The Hall–Kier alpha value is -3.52. The lowest BCUT2D eigenvalue weighted by Gasteiger charge is -2.26. The van der Waals surface area contributed by atoms with Gasteiger partial charge in [-0.1, -0.05) is 36.7 Å². The Morgan fingerprint density at radius 3 is 2.89 bits per heavy atom. The number of anilines is 1. The van der Waals surface area contributed by atoms with Crippen molar-refractivity contribution in [3.63, 3.8) is 0 Å². The zero-order valence-corrected chi connectivity index (χ0v) is 19.8. The molecule has 7 nitrogen and oxygen atoms in total. The van der Waals surface area contributed by atoms with E-state index in [1.165, 1.54) is 12.1 Å². The average molecular weight is 492 g/mol. The lowest BCUT2D eigenvalue weighted by molar-refractivity contribution is 0.0697. The van der Waals surface area contributed by atoms with Gasteiger partial charge in [0.2, 0.25) is 5.65 Å². The number of halogens is 2. The van der Waals surface area contributed by atoms with Crippen molar-refractivity contribution in [2.45, 2.75) is 25.2 Å². The molecule has 2 N–H and O–H groups in total. The number of hydrogen-bond donors (Lipinski definition) is 2. The quantitative estimate of drug-likeness (QED) is 0.392. The van der Waals surface area contributed by atoms with Gasteiger partial charge in [0.15, 0.2) is 0 Å². The third-order valence-electron chi connectivity index (χ3n) is 7.85. The van der Waals surface area contributed by atoms with Crippen LogP contribution in [0.5, 0.6) is 0 Å². The number of aromatic nitrogens is 4. The van der Waals surface area contributed by atoms with Crippen molar-refractivity contribution in [3.05, 3.63) is 70.6 Å². The lowest BCUT2D eigenvalue weighted by atomic mass is 9.88. The second-order valence-corrected chi connectivity index (χ2v) is 9.73. The highest BCUT2D eigenvalue weighted by Gasteiger charge is 2.65. The highest BCUT2D eigenvalue weighted by Crippen LogP contribution is 2.65. The topological polar surface area (TPSA) is 95.0 Å². The third kappa shape index (κ3) is 3.31. The van der Waals surface area contributed by atoms with Gasteiger partial charge in [0.05, 0.1) is 22.5 Å². The van der Waals surface area contributed by atoms with Gasteiger partial charge in [0.25, 0.3) is 0 Å². The minimum absolute atomic E-state index is 0.119. The molecular formula is C26H23ClFN5O2. The van der Waals surface area contributed by atoms with E-state index in [9.17, 15) is 14.3 Å². The van der Waals surface area contributed by atoms with Crippen LogP contribution in [0.1, 0.15) is 35.7 Å². The second-order valence-electron chi connectivity index (χ2n) is 9.32. The number of aromatic carboxylic acids is 1. The molecule has 3 heterocycles. The molecule has 9 heteroatoms. The molecule has 2 aromatic heterocycles. The largest absolute Gasteiger partial charge is 0.478 e. The van der Waals surface area contributed by atoms with Crippen LogP contribution in [-0.4, -0.2) is 44.3 Å². The molecule has 178 valence electrons. The van der Waals surface area contributed by atoms with Crippen LogP contribution in [0.3, 0.4) is 0 Å². The SMILES string of the molecule is CC[C@]1(c2ccccc2F)[C@@H]2CCN(c3cnc4c(-c5cc(C(=O)O)ccc5Cl)[nH]nc4n3)C[C@@H]21. The van der Waals surface area contributed by atoms with Gasteiger partial charge in [-0.25, -0.2) is 19.2 Å². The number of benzene rings is 2. The van der Waals surface area contributed by atoms with E-state index in [2.05, 4.69) is 27.0 Å². The summed E-state index contributed by atoms with van der Waals surface area (Å²) in [7, 11) is 0. The smallest absolute Gasteiger partial charge is 0.335 e. The Balaban J connectivity index is 1.30. The fourth-order valence-electron chi connectivity index (χ4n) is 6.11. The van der Waals surface area contributed by atoms with Gasteiger partial charge in [0.1, 0.15) is 17.2 Å². The Kier molecular flexibility index (Phi) is 5.03. The average Bonchev–Trinajstić information content (AvgIpc) is 3.33. The molecule has 1 aliphatic heterocycles. The van der Waals surface area contributed by atoms with Crippen molar-refractivity contribution in [2.75, 3.05) is 18.0 Å². The summed E-state index contributed by atoms with van der Waals surface area (Å²) in [6.45, 7) is 3.76. The van der Waals surface area contributed by atoms with Crippen LogP contribution in [0.15, 0.2) is 48.7 Å². The molecule has 0 radical (unpaired) electrons. The summed E-state index contributed by atoms with van der Waals surface area (Å²) in [5, 5.41) is 17.0. The monoisotopic (exact) mass is 491 g/mol. The van der Waals surface area contributed by atoms with Crippen LogP contribution in [0.4, 0.5) is 10.2 Å². The molecule has 2 aromatic carbocycles. The Bertz CT molecular complexity index is 1470. The first kappa shape index (κ1) is 22.0. The van der Waals surface area contributed by atoms with Crippen LogP contribution >= 0.6 is 11.6 Å². The summed E-state index contributed by atoms with van der Waals surface area (Å²) >= 11 is 6.34. The fraction of sp³-hybridized carbons (Fsp3) is 0.308. The van der Waals surface area contributed by atoms with Crippen molar-refractivity contribution in [2.24, 2.45) is 11.8 Å². The van der Waals surface area contributed by atoms with Gasteiger partial charge in [-0.05, 0) is 54.5 Å². The molecule has 3 atom stereocenters. The van der Waals surface area contributed by atoms with Crippen LogP contribution in [0, 0.1) is 17.7 Å². The normalized spacial score (nSPS) is 23.3. The predicted octanol–water partition coefficient (Wildman–Crippen LogP) is 5.31. The van der Waals surface area contributed by atoms with Gasteiger partial charge in [-0.3, -0.25) is 5.10 Å². The van der Waals surface area contributed by atoms with Crippen LogP contribution < -0.4 is 4.90 Å². The molecular weight excluding hydrogens is 469 g/mol. The number of carbonyl (C=O) groups is 1. The first-order valence-corrected chi connectivity index (χ1v) is 12.1. The molecule has 2 fully saturated rings. The first-order valence-electron chi connectivity index (χ1n) is 11.7. The van der Waals surface area contributed by atoms with E-state index in [1.54, 1.807) is 24.4 Å². The van der Waals surface area contributed by atoms with Crippen LogP contribution in [0.2, 0.25) is 5.02 Å². The van der Waals surface area contributed by atoms with E-state index in [1.807, 2.05) is 12.1 Å². The number of aromatic amines is 1. The number of H-pyrrole nitrogens is 1. The van der Waals surface area contributed by atoms with Gasteiger partial charge < -0.3 is 10.0 Å². The molecule has 2 aliphatic rings. The molecule has 4 aromatic rings. The maximum atomic E-state index is 14.7. The van der Waals surface area contributed by atoms with E-state index in [-0.39, 0.29) is 16.8 Å². The summed E-state index contributed by atoms with van der Waals surface area (Å²) in [6, 6.07) is 11.7. The summed E-state index contributed by atoms with van der Waals surface area (Å²) in [5.74, 6) is 0.402. The molecule has 1 saturated carbocycles. The zero-order valence-electron chi connectivity index (χ0n) is 19.0. The van der Waals surface area contributed by atoms with E-state index in [4.69, 9.17) is 16.6 Å². The summed E-state index contributed by atoms with van der Waals surface area (Å²) in [6.07, 6.45) is 3.59. The number of piperidine rings is 1. The minimum atomic E-state index is -1.04. The Labute approximate surface area is 206 Å². The first-order chi connectivity index (χ1) is 16.9. The number of fused-ring (bicyclic) bond motifs is 2. The molecule has 0 amide bonds. The number of nitrogens with zero attached hydrogens (tertiary/aromatic N) is 4. The summed E-state index contributed by atoms with van der Waals surface area (Å²) in [4.78, 5) is 23.0. The van der Waals surface area contributed by atoms with Gasteiger partial charge in [0, 0.05) is 24.1 Å². The fourth-order valence-corrected chi connectivity index (χ4v) is 6.33. The maximum Gasteiger partial charge on any atom is 0.335 e. The van der Waals surface area contributed by atoms with Crippen LogP contribution in [0.25, 0.3) is 22.4 Å². The molecule has 35 heavy (non-hydrogen) atoms. The minimum Gasteiger partial charge on any atom is -0.478 e. The van der Waals surface area contributed by atoms with E-state index in [0.717, 1.165) is 37.3 Å². The summed E-state index contributed by atoms with van der Waals surface area (Å²) < 4.78 is 14.7. The Morgan fingerprint density at radius 2 is 2.11 bits per heavy atom. The number of rotatable bonds is 5. The molecule has 1 saturated heterocycles. The lowest BCUT2D eigenvalue weighted by Crippen LogP contribution is -2.32. The molecule has 1 aliphatic carbocycles. The van der Waals surface area contributed by atoms with Gasteiger partial charge >= 0.3 is 5.97 Å². The van der Waals surface area contributed by atoms with Gasteiger partial charge in [-0.2, -0.15) is 5.10 Å². The highest BCUT2D eigenvalue weighted by molar-refractivity contribution is 6.33. The van der Waals surface area contributed by atoms with Gasteiger partial charge in [-0.15, -0.1) is 0 Å². The molecule has 6 rings (SSSR count). The Morgan fingerprint density at radius 1 is 1.29 bits per heavy atom. The molecule has 0 spiro atoms. The molecule has 0 unspecified atom stereocenters. The van der Waals surface area contributed by atoms with Crippen molar-refractivity contribution < 1.29 is 14.3 Å². The van der Waals surface area contributed by atoms with Crippen LogP contribution in [-0.2, 0) is 5.41 Å². The maximum absolute atomic E-state index is 14.7. The van der Waals surface area contributed by atoms with Crippen molar-refractivity contribution in [1.29, 1.82) is 0 Å². The zero-order chi connectivity index (χ0) is 24.3. The van der Waals surface area contributed by atoms with Crippen molar-refractivity contribution in [3.8, 4) is 11.3 Å². The number of carboxylic acid groups (broad SMARTS) is 1. The van der Waals surface area contributed by atoms with E-state index in [0.29, 0.717) is 39.3 Å². The third-order valence-corrected chi connectivity index (χ3v) is 8.18. The second kappa shape index (κ2) is 8.02. The molecule has 0 bridgehead atoms. The predicted molar refractivity (Wildman–Crippen MR) is 131 cm³/mol. The van der Waals surface area contributed by atoms with Crippen molar-refractivity contribution in [1.82, 2.24) is 20.2 Å². The highest BCUT2D eigenvalue weighted by atomic mass is 35.5. The van der Waals surface area contributed by atoms with E-state index >= 15 is 0 Å².